The maximum Gasteiger partial charge on any atom is 0.207 e. The Morgan fingerprint density at radius 1 is 1.27 bits per heavy atom. The fraction of sp³-hybridized carbons (Fsp3) is 0.125. The molecule has 0 spiro atoms. The molecular formula is C8H10ClNO. The van der Waals surface area contributed by atoms with Gasteiger partial charge in [0.1, 0.15) is 0 Å². The zero-order valence-electron chi connectivity index (χ0n) is 5.99. The zero-order valence-corrected chi connectivity index (χ0v) is 6.80. The first-order valence-corrected chi connectivity index (χ1v) is 3.14. The second-order valence-corrected chi connectivity index (χ2v) is 1.98. The molecule has 0 aliphatic rings. The normalized spacial score (nSPS) is 8.00. The summed E-state index contributed by atoms with van der Waals surface area (Å²) in [7, 11) is 0. The van der Waals surface area contributed by atoms with Crippen LogP contribution in [0.1, 0.15) is 5.56 Å². The van der Waals surface area contributed by atoms with Crippen LogP contribution < -0.4 is 5.32 Å². The topological polar surface area (TPSA) is 29.1 Å². The van der Waals surface area contributed by atoms with E-state index in [0.717, 1.165) is 5.56 Å². The number of benzene rings is 1. The van der Waals surface area contributed by atoms with Crippen molar-refractivity contribution >= 4 is 18.8 Å². The molecule has 0 bridgehead atoms. The number of hydrogen-bond acceptors (Lipinski definition) is 1. The summed E-state index contributed by atoms with van der Waals surface area (Å²) < 4.78 is 0. The molecule has 0 fully saturated rings. The molecule has 1 N–H and O–H groups in total. The predicted octanol–water partition coefficient (Wildman–Crippen LogP) is 1.35. The van der Waals surface area contributed by atoms with Crippen molar-refractivity contribution in [1.82, 2.24) is 5.32 Å². The summed E-state index contributed by atoms with van der Waals surface area (Å²) in [6.45, 7) is 0.615. The van der Waals surface area contributed by atoms with E-state index in [4.69, 9.17) is 0 Å². The number of carbonyl (C=O) groups excluding carboxylic acids is 1. The molecule has 0 saturated heterocycles. The highest BCUT2D eigenvalue weighted by Gasteiger charge is 1.85. The van der Waals surface area contributed by atoms with Crippen molar-refractivity contribution in [2.75, 3.05) is 0 Å². The summed E-state index contributed by atoms with van der Waals surface area (Å²) in [5.41, 5.74) is 1.12. The van der Waals surface area contributed by atoms with E-state index in [9.17, 15) is 4.79 Å². The first-order valence-electron chi connectivity index (χ1n) is 3.14. The highest BCUT2D eigenvalue weighted by Crippen LogP contribution is 1.95. The Bertz CT molecular complexity index is 201. The average molecular weight is 172 g/mol. The first-order chi connectivity index (χ1) is 4.93. The molecule has 0 aliphatic carbocycles. The van der Waals surface area contributed by atoms with E-state index in [1.165, 1.54) is 0 Å². The molecule has 11 heavy (non-hydrogen) atoms. The largest absolute Gasteiger partial charge is 0.355 e. The number of amides is 1. The minimum Gasteiger partial charge on any atom is -0.355 e. The highest BCUT2D eigenvalue weighted by atomic mass is 35.5. The Labute approximate surface area is 72.0 Å². The Morgan fingerprint density at radius 2 is 1.91 bits per heavy atom. The van der Waals surface area contributed by atoms with Crippen molar-refractivity contribution in [3.8, 4) is 0 Å². The van der Waals surface area contributed by atoms with Gasteiger partial charge in [-0.2, -0.15) is 0 Å². The van der Waals surface area contributed by atoms with Crippen molar-refractivity contribution in [3.05, 3.63) is 35.9 Å². The molecule has 0 radical (unpaired) electrons. The second kappa shape index (κ2) is 5.74. The van der Waals surface area contributed by atoms with E-state index >= 15 is 0 Å². The zero-order chi connectivity index (χ0) is 7.23. The van der Waals surface area contributed by atoms with Gasteiger partial charge in [0.15, 0.2) is 0 Å². The van der Waals surface area contributed by atoms with Gasteiger partial charge in [-0.25, -0.2) is 0 Å². The number of halogens is 1. The van der Waals surface area contributed by atoms with E-state index in [2.05, 4.69) is 5.32 Å². The molecule has 2 nitrogen and oxygen atoms in total. The second-order valence-electron chi connectivity index (χ2n) is 1.98. The number of nitrogens with one attached hydrogen (secondary N) is 1. The molecule has 0 unspecified atom stereocenters. The molecule has 60 valence electrons. The van der Waals surface area contributed by atoms with Crippen LogP contribution >= 0.6 is 12.4 Å². The third-order valence-corrected chi connectivity index (χ3v) is 1.23. The average Bonchev–Trinajstić information content (AvgIpc) is 2.03. The minimum absolute atomic E-state index is 0. The summed E-state index contributed by atoms with van der Waals surface area (Å²) in [5, 5.41) is 2.58. The Morgan fingerprint density at radius 3 is 2.45 bits per heavy atom. The van der Waals surface area contributed by atoms with Gasteiger partial charge in [0.05, 0.1) is 0 Å². The SMILES string of the molecule is Cl.O=CNCc1ccccc1. The first kappa shape index (κ1) is 9.98. The summed E-state index contributed by atoms with van der Waals surface area (Å²) >= 11 is 0. The van der Waals surface area contributed by atoms with E-state index in [1.807, 2.05) is 30.3 Å². The van der Waals surface area contributed by atoms with Crippen LogP contribution in [0.5, 0.6) is 0 Å². The van der Waals surface area contributed by atoms with E-state index in [-0.39, 0.29) is 12.4 Å². The van der Waals surface area contributed by atoms with Gasteiger partial charge in [0, 0.05) is 6.54 Å². The fourth-order valence-electron chi connectivity index (χ4n) is 0.755. The Balaban J connectivity index is 0.000001000. The summed E-state index contributed by atoms with van der Waals surface area (Å²) in [4.78, 5) is 9.87. The summed E-state index contributed by atoms with van der Waals surface area (Å²) in [6.07, 6.45) is 0.701. The standard InChI is InChI=1S/C8H9NO.ClH/c10-7-9-6-8-4-2-1-3-5-8;/h1-5,7H,6H2,(H,9,10);1H. The van der Waals surface area contributed by atoms with Crippen LogP contribution in [0.4, 0.5) is 0 Å². The van der Waals surface area contributed by atoms with Crippen LogP contribution in [0, 0.1) is 0 Å². The highest BCUT2D eigenvalue weighted by molar-refractivity contribution is 5.85. The van der Waals surface area contributed by atoms with Crippen molar-refractivity contribution in [2.45, 2.75) is 6.54 Å². The maximum atomic E-state index is 9.87. The van der Waals surface area contributed by atoms with Crippen molar-refractivity contribution < 1.29 is 4.79 Å². The predicted molar refractivity (Wildman–Crippen MR) is 46.6 cm³/mol. The van der Waals surface area contributed by atoms with Crippen LogP contribution in [0.15, 0.2) is 30.3 Å². The van der Waals surface area contributed by atoms with Crippen LogP contribution in [-0.2, 0) is 11.3 Å². The number of carbonyl (C=O) groups is 1. The van der Waals surface area contributed by atoms with Crippen molar-refractivity contribution in [2.24, 2.45) is 0 Å². The molecule has 0 saturated carbocycles. The van der Waals surface area contributed by atoms with Gasteiger partial charge in [-0.1, -0.05) is 30.3 Å². The molecular weight excluding hydrogens is 162 g/mol. The molecule has 0 atom stereocenters. The summed E-state index contributed by atoms with van der Waals surface area (Å²) in [5.74, 6) is 0. The Kier molecular flexibility index (Phi) is 5.21. The molecule has 3 heteroatoms. The number of hydrogen-bond donors (Lipinski definition) is 1. The van der Waals surface area contributed by atoms with Gasteiger partial charge < -0.3 is 5.32 Å². The van der Waals surface area contributed by atoms with Crippen molar-refractivity contribution in [3.63, 3.8) is 0 Å². The number of rotatable bonds is 3. The van der Waals surface area contributed by atoms with Gasteiger partial charge in [-0.15, -0.1) is 12.4 Å². The van der Waals surface area contributed by atoms with Gasteiger partial charge in [0.2, 0.25) is 6.41 Å². The van der Waals surface area contributed by atoms with E-state index < -0.39 is 0 Å². The minimum atomic E-state index is 0. The van der Waals surface area contributed by atoms with Crippen LogP contribution in [-0.4, -0.2) is 6.41 Å². The molecule has 0 aliphatic heterocycles. The van der Waals surface area contributed by atoms with E-state index in [1.54, 1.807) is 0 Å². The van der Waals surface area contributed by atoms with Gasteiger partial charge in [-0.05, 0) is 5.56 Å². The van der Waals surface area contributed by atoms with Crippen molar-refractivity contribution in [1.29, 1.82) is 0 Å². The maximum absolute atomic E-state index is 9.87. The lowest BCUT2D eigenvalue weighted by molar-refractivity contribution is -0.109. The smallest absolute Gasteiger partial charge is 0.207 e. The molecule has 1 amide bonds. The third-order valence-electron chi connectivity index (χ3n) is 1.23. The third kappa shape index (κ3) is 3.63. The lowest BCUT2D eigenvalue weighted by Gasteiger charge is -1.96. The quantitative estimate of drug-likeness (QED) is 0.684. The lowest BCUT2D eigenvalue weighted by Crippen LogP contribution is -2.09. The van der Waals surface area contributed by atoms with Crippen LogP contribution in [0.25, 0.3) is 0 Å². The molecule has 1 rings (SSSR count). The van der Waals surface area contributed by atoms with E-state index in [0.29, 0.717) is 13.0 Å². The van der Waals surface area contributed by atoms with Gasteiger partial charge >= 0.3 is 0 Å². The van der Waals surface area contributed by atoms with Crippen LogP contribution in [0.3, 0.4) is 0 Å². The molecule has 1 aromatic carbocycles. The van der Waals surface area contributed by atoms with Gasteiger partial charge in [-0.3, -0.25) is 4.79 Å². The molecule has 0 heterocycles. The fourth-order valence-corrected chi connectivity index (χ4v) is 0.755. The van der Waals surface area contributed by atoms with Crippen LogP contribution in [0.2, 0.25) is 0 Å². The van der Waals surface area contributed by atoms with Gasteiger partial charge in [0.25, 0.3) is 0 Å². The summed E-state index contributed by atoms with van der Waals surface area (Å²) in [6, 6.07) is 9.78. The lowest BCUT2D eigenvalue weighted by atomic mass is 10.2. The monoisotopic (exact) mass is 171 g/mol. The Hall–Kier alpha value is -1.02. The molecule has 1 aromatic rings. The molecule has 0 aromatic heterocycles.